The molecule has 0 radical (unpaired) electrons. The number of carbonyl (C=O) groups excluding carboxylic acids is 1. The summed E-state index contributed by atoms with van der Waals surface area (Å²) in [6.07, 6.45) is 2.01. The van der Waals surface area contributed by atoms with Gasteiger partial charge in [-0.1, -0.05) is 54.1 Å². The minimum atomic E-state index is -0.888. The maximum absolute atomic E-state index is 13.7. The Morgan fingerprint density at radius 2 is 1.86 bits per heavy atom. The van der Waals surface area contributed by atoms with Gasteiger partial charge in [0.05, 0.1) is 6.54 Å². The van der Waals surface area contributed by atoms with Crippen LogP contribution in [0.5, 0.6) is 0 Å². The second-order valence-corrected chi connectivity index (χ2v) is 8.96. The Bertz CT molecular complexity index is 1100. The Hall–Kier alpha value is -2.92. The highest BCUT2D eigenvalue weighted by Gasteiger charge is 2.58. The van der Waals surface area contributed by atoms with Crippen LogP contribution in [0.3, 0.4) is 0 Å². The van der Waals surface area contributed by atoms with Crippen molar-refractivity contribution < 1.29 is 4.79 Å². The molecule has 1 aliphatic heterocycles. The molecule has 1 saturated carbocycles. The van der Waals surface area contributed by atoms with E-state index < -0.39 is 5.54 Å². The number of guanidine groups is 1. The van der Waals surface area contributed by atoms with E-state index in [0.717, 1.165) is 34.4 Å². The van der Waals surface area contributed by atoms with Gasteiger partial charge in [-0.05, 0) is 59.9 Å². The van der Waals surface area contributed by atoms with Crippen LogP contribution in [-0.4, -0.2) is 16.8 Å². The van der Waals surface area contributed by atoms with E-state index in [1.807, 2.05) is 29.6 Å². The lowest BCUT2D eigenvalue weighted by Gasteiger charge is -2.27. The van der Waals surface area contributed by atoms with E-state index in [9.17, 15) is 4.79 Å². The summed E-state index contributed by atoms with van der Waals surface area (Å²) in [6.45, 7) is 2.57. The molecule has 3 aromatic rings. The molecule has 5 heteroatoms. The number of aryl methyl sites for hydroxylation is 1. The molecule has 0 spiro atoms. The molecule has 1 atom stereocenters. The molecule has 0 bridgehead atoms. The predicted octanol–water partition coefficient (Wildman–Crippen LogP) is 4.69. The molecular weight excluding hydrogens is 378 g/mol. The van der Waals surface area contributed by atoms with Gasteiger partial charge in [-0.25, -0.2) is 4.99 Å². The molecule has 1 aliphatic carbocycles. The van der Waals surface area contributed by atoms with Gasteiger partial charge in [0.2, 0.25) is 0 Å². The van der Waals surface area contributed by atoms with Crippen molar-refractivity contribution in [3.8, 4) is 11.1 Å². The van der Waals surface area contributed by atoms with Gasteiger partial charge in [0.25, 0.3) is 5.91 Å². The van der Waals surface area contributed by atoms with Crippen molar-refractivity contribution in [2.75, 3.05) is 0 Å². The van der Waals surface area contributed by atoms with Gasteiger partial charge in [-0.2, -0.15) is 0 Å². The average Bonchev–Trinajstić information content (AvgIpc) is 3.39. The van der Waals surface area contributed by atoms with E-state index in [-0.39, 0.29) is 11.8 Å². The van der Waals surface area contributed by atoms with Crippen LogP contribution in [0.4, 0.5) is 0 Å². The van der Waals surface area contributed by atoms with Crippen LogP contribution >= 0.6 is 11.3 Å². The first kappa shape index (κ1) is 18.1. The van der Waals surface area contributed by atoms with Crippen LogP contribution in [-0.2, 0) is 16.9 Å². The lowest BCUT2D eigenvalue weighted by molar-refractivity contribution is -0.132. The molecule has 2 heterocycles. The maximum Gasteiger partial charge on any atom is 0.262 e. The summed E-state index contributed by atoms with van der Waals surface area (Å²) in [5, 5.41) is 2.02. The third-order valence-corrected chi connectivity index (χ3v) is 6.72. The lowest BCUT2D eigenvalue weighted by Crippen LogP contribution is -2.43. The topological polar surface area (TPSA) is 58.7 Å². The fourth-order valence-electron chi connectivity index (χ4n) is 4.26. The van der Waals surface area contributed by atoms with Gasteiger partial charge in [-0.3, -0.25) is 9.69 Å². The van der Waals surface area contributed by atoms with Gasteiger partial charge in [0, 0.05) is 4.88 Å². The summed E-state index contributed by atoms with van der Waals surface area (Å²) in [7, 11) is 0. The second-order valence-electron chi connectivity index (χ2n) is 7.93. The number of hydrogen-bond donors (Lipinski definition) is 1. The van der Waals surface area contributed by atoms with E-state index in [1.54, 1.807) is 16.2 Å². The van der Waals surface area contributed by atoms with Crippen LogP contribution in [0.1, 0.15) is 28.8 Å². The van der Waals surface area contributed by atoms with Crippen molar-refractivity contribution >= 4 is 23.2 Å². The smallest absolute Gasteiger partial charge is 0.262 e. The van der Waals surface area contributed by atoms with Gasteiger partial charge in [0.1, 0.15) is 0 Å². The third-order valence-electron chi connectivity index (χ3n) is 5.85. The Morgan fingerprint density at radius 1 is 1.10 bits per heavy atom. The van der Waals surface area contributed by atoms with Crippen LogP contribution in [0, 0.1) is 12.8 Å². The number of rotatable bonds is 5. The number of nitrogens with zero attached hydrogens (tertiary/aromatic N) is 2. The maximum atomic E-state index is 13.7. The number of carbonyl (C=O) groups is 1. The van der Waals surface area contributed by atoms with Crippen molar-refractivity contribution in [3.05, 3.63) is 82.0 Å². The zero-order valence-corrected chi connectivity index (χ0v) is 17.2. The number of nitrogens with two attached hydrogens (primary N) is 1. The van der Waals surface area contributed by atoms with Gasteiger partial charge in [0.15, 0.2) is 11.5 Å². The van der Waals surface area contributed by atoms with Crippen LogP contribution in [0.15, 0.2) is 71.0 Å². The van der Waals surface area contributed by atoms with Crippen LogP contribution in [0.25, 0.3) is 11.1 Å². The van der Waals surface area contributed by atoms with Crippen LogP contribution < -0.4 is 5.73 Å². The lowest BCUT2D eigenvalue weighted by atomic mass is 9.83. The Balaban J connectivity index is 1.56. The molecule has 1 unspecified atom stereocenters. The summed E-state index contributed by atoms with van der Waals surface area (Å²) in [5.74, 6) is 0.554. The highest BCUT2D eigenvalue weighted by atomic mass is 32.1. The zero-order chi connectivity index (χ0) is 20.0. The fraction of sp³-hybridized carbons (Fsp3) is 0.250. The van der Waals surface area contributed by atoms with Crippen molar-refractivity contribution in [2.45, 2.75) is 31.8 Å². The molecule has 1 aromatic heterocycles. The van der Waals surface area contributed by atoms with E-state index in [4.69, 9.17) is 10.7 Å². The summed E-state index contributed by atoms with van der Waals surface area (Å²) in [6, 6.07) is 20.7. The molecule has 146 valence electrons. The average molecular weight is 402 g/mol. The van der Waals surface area contributed by atoms with E-state index in [2.05, 4.69) is 43.3 Å². The van der Waals surface area contributed by atoms with Gasteiger partial charge >= 0.3 is 0 Å². The van der Waals surface area contributed by atoms with Gasteiger partial charge in [-0.15, -0.1) is 11.3 Å². The first-order chi connectivity index (χ1) is 14.1. The third kappa shape index (κ3) is 3.06. The van der Waals surface area contributed by atoms with Crippen molar-refractivity contribution in [3.63, 3.8) is 0 Å². The van der Waals surface area contributed by atoms with E-state index in [0.29, 0.717) is 12.5 Å². The van der Waals surface area contributed by atoms with Crippen LogP contribution in [0.2, 0.25) is 0 Å². The predicted molar refractivity (Wildman–Crippen MR) is 118 cm³/mol. The molecule has 1 amide bonds. The monoisotopic (exact) mass is 401 g/mol. The molecule has 29 heavy (non-hydrogen) atoms. The molecule has 2 aromatic carbocycles. The Morgan fingerprint density at radius 3 is 2.55 bits per heavy atom. The highest BCUT2D eigenvalue weighted by Crippen LogP contribution is 2.52. The van der Waals surface area contributed by atoms with Gasteiger partial charge < -0.3 is 5.73 Å². The fourth-order valence-corrected chi connectivity index (χ4v) is 4.95. The molecule has 1 fully saturated rings. The molecule has 2 N–H and O–H groups in total. The number of thiophene rings is 1. The molecule has 0 saturated heterocycles. The molecule has 5 rings (SSSR count). The minimum Gasteiger partial charge on any atom is -0.369 e. The zero-order valence-electron chi connectivity index (χ0n) is 16.3. The summed E-state index contributed by atoms with van der Waals surface area (Å²) >= 11 is 1.63. The normalized spacial score (nSPS) is 21.5. The number of benzene rings is 2. The Kier molecular flexibility index (Phi) is 4.28. The quantitative estimate of drug-likeness (QED) is 0.674. The van der Waals surface area contributed by atoms with Crippen molar-refractivity contribution in [1.29, 1.82) is 0 Å². The number of hydrogen-bond acceptors (Lipinski definition) is 4. The summed E-state index contributed by atoms with van der Waals surface area (Å²) < 4.78 is 0. The second kappa shape index (κ2) is 6.85. The standard InChI is InChI=1S/C24H23N3OS/c1-16-5-2-6-17(13-16)18-7-3-8-20(14-18)24(19-10-11-19)22(28)27(23(25)26-24)15-21-9-4-12-29-21/h2-9,12-14,19H,10-11,15H2,1H3,(H2,25,26). The van der Waals surface area contributed by atoms with E-state index >= 15 is 0 Å². The molecule has 4 nitrogen and oxygen atoms in total. The number of amides is 1. The molecular formula is C24H23N3OS. The number of aliphatic imine (C=N–C) groups is 1. The highest BCUT2D eigenvalue weighted by molar-refractivity contribution is 7.09. The first-order valence-electron chi connectivity index (χ1n) is 9.95. The first-order valence-corrected chi connectivity index (χ1v) is 10.8. The van der Waals surface area contributed by atoms with Crippen molar-refractivity contribution in [2.24, 2.45) is 16.6 Å². The van der Waals surface area contributed by atoms with E-state index in [1.165, 1.54) is 5.56 Å². The minimum absolute atomic E-state index is 0.00675. The van der Waals surface area contributed by atoms with Crippen molar-refractivity contribution in [1.82, 2.24) is 4.90 Å². The molecule has 2 aliphatic rings. The summed E-state index contributed by atoms with van der Waals surface area (Å²) in [4.78, 5) is 21.3. The summed E-state index contributed by atoms with van der Waals surface area (Å²) in [5.41, 5.74) is 9.81. The SMILES string of the molecule is Cc1cccc(-c2cccc(C3(C4CC4)N=C(N)N(Cc4cccs4)C3=O)c2)c1. The Labute approximate surface area is 174 Å². The largest absolute Gasteiger partial charge is 0.369 e.